The van der Waals surface area contributed by atoms with Crippen LogP contribution >= 0.6 is 0 Å². The van der Waals surface area contributed by atoms with Gasteiger partial charge in [0.2, 0.25) is 5.91 Å². The third kappa shape index (κ3) is 3.90. The van der Waals surface area contributed by atoms with Gasteiger partial charge in [0, 0.05) is 24.5 Å². The number of hydrogen-bond acceptors (Lipinski definition) is 5. The Labute approximate surface area is 207 Å². The number of rotatable bonds is 6. The molecular formula is C29H23N5O2. The number of carbonyl (C=O) groups is 1. The van der Waals surface area contributed by atoms with Crippen LogP contribution in [0.2, 0.25) is 0 Å². The molecule has 36 heavy (non-hydrogen) atoms. The van der Waals surface area contributed by atoms with Crippen molar-refractivity contribution in [2.45, 2.75) is 19.5 Å². The molecule has 0 unspecified atom stereocenters. The Hall–Kier alpha value is -4.78. The number of anilines is 1. The summed E-state index contributed by atoms with van der Waals surface area (Å²) in [5.74, 6) is -0.0715. The number of amides is 1. The van der Waals surface area contributed by atoms with Crippen molar-refractivity contribution in [2.24, 2.45) is 0 Å². The summed E-state index contributed by atoms with van der Waals surface area (Å²) in [4.78, 5) is 29.4. The first-order chi connectivity index (χ1) is 17.7. The van der Waals surface area contributed by atoms with E-state index in [4.69, 9.17) is 9.97 Å². The largest absolute Gasteiger partial charge is 0.506 e. The molecule has 6 aromatic rings. The summed E-state index contributed by atoms with van der Waals surface area (Å²) in [7, 11) is 0. The summed E-state index contributed by atoms with van der Waals surface area (Å²) in [6, 6.07) is 28.3. The van der Waals surface area contributed by atoms with Crippen molar-refractivity contribution >= 4 is 44.7 Å². The molecule has 0 spiro atoms. The molecule has 0 atom stereocenters. The van der Waals surface area contributed by atoms with Crippen LogP contribution < -0.4 is 4.90 Å². The second-order valence-corrected chi connectivity index (χ2v) is 8.59. The first-order valence-electron chi connectivity index (χ1n) is 11.8. The molecule has 1 amide bonds. The summed E-state index contributed by atoms with van der Waals surface area (Å²) in [5.41, 5.74) is 5.40. The van der Waals surface area contributed by atoms with Crippen LogP contribution in [0.15, 0.2) is 97.2 Å². The van der Waals surface area contributed by atoms with Gasteiger partial charge in [-0.25, -0.2) is 9.97 Å². The lowest BCUT2D eigenvalue weighted by Gasteiger charge is -2.23. The number of pyridine rings is 1. The van der Waals surface area contributed by atoms with E-state index in [0.717, 1.165) is 38.8 Å². The summed E-state index contributed by atoms with van der Waals surface area (Å²) in [6.07, 6.45) is 1.91. The monoisotopic (exact) mass is 473 g/mol. The fraction of sp³-hybridized carbons (Fsp3) is 0.103. The number of phenolic OH excluding ortho intramolecular Hbond substituents is 1. The van der Waals surface area contributed by atoms with Crippen LogP contribution in [-0.2, 0) is 17.9 Å². The lowest BCUT2D eigenvalue weighted by atomic mass is 10.2. The third-order valence-corrected chi connectivity index (χ3v) is 6.33. The lowest BCUT2D eigenvalue weighted by molar-refractivity contribution is -0.119. The maximum atomic E-state index is 13.6. The van der Waals surface area contributed by atoms with Gasteiger partial charge in [-0.15, -0.1) is 0 Å². The first-order valence-corrected chi connectivity index (χ1v) is 11.8. The smallest absolute Gasteiger partial charge is 0.229 e. The maximum Gasteiger partial charge on any atom is 0.229 e. The van der Waals surface area contributed by atoms with E-state index in [1.54, 1.807) is 35.4 Å². The second kappa shape index (κ2) is 9.11. The van der Waals surface area contributed by atoms with Crippen molar-refractivity contribution in [3.63, 3.8) is 0 Å². The van der Waals surface area contributed by atoms with E-state index in [1.807, 2.05) is 66.7 Å². The van der Waals surface area contributed by atoms with Crippen LogP contribution in [0.25, 0.3) is 33.1 Å². The number of nitrogens with zero attached hydrogens (tertiary/aromatic N) is 5. The molecule has 7 nitrogen and oxygen atoms in total. The molecule has 0 saturated heterocycles. The molecule has 0 aliphatic heterocycles. The molecule has 176 valence electrons. The molecule has 0 fully saturated rings. The number of fused-ring (bicyclic) bond motifs is 4. The number of carbonyl (C=O) groups excluding carboxylic acids is 1. The molecule has 3 aromatic heterocycles. The standard InChI is InChI=1S/C29H23N5O2/c35-26-15-6-5-14-25(26)34(19-20-9-7-8-17-30-20)27(36)16-18-33-24-13-4-1-10-21(24)28-29(33)32-23-12-3-2-11-22(23)31-28/h1-15,17,35H,16,18-19H2. The number of para-hydroxylation sites is 5. The molecule has 0 aliphatic rings. The Morgan fingerprint density at radius 3 is 2.36 bits per heavy atom. The van der Waals surface area contributed by atoms with E-state index < -0.39 is 0 Å². The zero-order valence-corrected chi connectivity index (χ0v) is 19.5. The van der Waals surface area contributed by atoms with Gasteiger partial charge in [-0.05, 0) is 42.5 Å². The van der Waals surface area contributed by atoms with Crippen LogP contribution in [0, 0.1) is 0 Å². The zero-order valence-electron chi connectivity index (χ0n) is 19.5. The Kier molecular flexibility index (Phi) is 5.50. The average molecular weight is 474 g/mol. The van der Waals surface area contributed by atoms with Crippen molar-refractivity contribution in [1.82, 2.24) is 19.5 Å². The average Bonchev–Trinajstić information content (AvgIpc) is 3.22. The number of aromatic nitrogens is 4. The van der Waals surface area contributed by atoms with Crippen LogP contribution in [0.5, 0.6) is 5.75 Å². The second-order valence-electron chi connectivity index (χ2n) is 8.59. The SMILES string of the molecule is O=C(CCn1c2ccccc2c2nc3ccccc3nc21)N(Cc1ccccn1)c1ccccc1O. The molecule has 1 N–H and O–H groups in total. The van der Waals surface area contributed by atoms with Crippen molar-refractivity contribution in [3.8, 4) is 5.75 Å². The molecule has 0 bridgehead atoms. The third-order valence-electron chi connectivity index (χ3n) is 6.33. The molecule has 0 radical (unpaired) electrons. The number of aromatic hydroxyl groups is 1. The lowest BCUT2D eigenvalue weighted by Crippen LogP contribution is -2.31. The fourth-order valence-electron chi connectivity index (χ4n) is 4.61. The first kappa shape index (κ1) is 21.7. The highest BCUT2D eigenvalue weighted by Gasteiger charge is 2.21. The predicted octanol–water partition coefficient (Wildman–Crippen LogP) is 5.46. The molecule has 6 rings (SSSR count). The van der Waals surface area contributed by atoms with Crippen LogP contribution in [0.3, 0.4) is 0 Å². The van der Waals surface area contributed by atoms with E-state index in [-0.39, 0.29) is 24.6 Å². The van der Waals surface area contributed by atoms with Crippen molar-refractivity contribution in [2.75, 3.05) is 4.90 Å². The van der Waals surface area contributed by atoms with E-state index in [9.17, 15) is 9.90 Å². The Bertz CT molecular complexity index is 1710. The van der Waals surface area contributed by atoms with Crippen molar-refractivity contribution < 1.29 is 9.90 Å². The highest BCUT2D eigenvalue weighted by atomic mass is 16.3. The van der Waals surface area contributed by atoms with Crippen LogP contribution in [0.4, 0.5) is 5.69 Å². The topological polar surface area (TPSA) is 84.1 Å². The molecule has 3 heterocycles. The van der Waals surface area contributed by atoms with E-state index in [0.29, 0.717) is 12.2 Å². The molecular weight excluding hydrogens is 450 g/mol. The van der Waals surface area contributed by atoms with Crippen LogP contribution in [0.1, 0.15) is 12.1 Å². The minimum atomic E-state index is -0.123. The summed E-state index contributed by atoms with van der Waals surface area (Å²) in [5, 5.41) is 11.5. The van der Waals surface area contributed by atoms with Gasteiger partial charge in [0.1, 0.15) is 11.3 Å². The normalized spacial score (nSPS) is 11.3. The number of benzene rings is 3. The van der Waals surface area contributed by atoms with Gasteiger partial charge in [-0.3, -0.25) is 9.78 Å². The Balaban J connectivity index is 1.38. The van der Waals surface area contributed by atoms with Gasteiger partial charge < -0.3 is 14.6 Å². The van der Waals surface area contributed by atoms with Crippen molar-refractivity contribution in [3.05, 3.63) is 103 Å². The van der Waals surface area contributed by atoms with E-state index >= 15 is 0 Å². The fourth-order valence-corrected chi connectivity index (χ4v) is 4.61. The molecule has 0 saturated carbocycles. The van der Waals surface area contributed by atoms with E-state index in [2.05, 4.69) is 9.55 Å². The van der Waals surface area contributed by atoms with Gasteiger partial charge in [-0.2, -0.15) is 0 Å². The molecule has 7 heteroatoms. The zero-order chi connectivity index (χ0) is 24.5. The maximum absolute atomic E-state index is 13.6. The van der Waals surface area contributed by atoms with E-state index in [1.165, 1.54) is 0 Å². The van der Waals surface area contributed by atoms with Crippen LogP contribution in [-0.4, -0.2) is 30.5 Å². The molecule has 0 aliphatic carbocycles. The highest BCUT2D eigenvalue weighted by molar-refractivity contribution is 6.06. The van der Waals surface area contributed by atoms with Gasteiger partial charge >= 0.3 is 0 Å². The number of aryl methyl sites for hydroxylation is 1. The number of hydrogen-bond donors (Lipinski definition) is 1. The van der Waals surface area contributed by atoms with Gasteiger partial charge in [-0.1, -0.05) is 48.5 Å². The summed E-state index contributed by atoms with van der Waals surface area (Å²) < 4.78 is 2.06. The minimum Gasteiger partial charge on any atom is -0.506 e. The minimum absolute atomic E-state index is 0.0518. The summed E-state index contributed by atoms with van der Waals surface area (Å²) in [6.45, 7) is 0.678. The van der Waals surface area contributed by atoms with Gasteiger partial charge in [0.05, 0.1) is 34.5 Å². The number of phenols is 1. The quantitative estimate of drug-likeness (QED) is 0.347. The summed E-state index contributed by atoms with van der Waals surface area (Å²) >= 11 is 0. The molecule has 3 aromatic carbocycles. The Morgan fingerprint density at radius 1 is 0.833 bits per heavy atom. The van der Waals surface area contributed by atoms with Crippen molar-refractivity contribution in [1.29, 1.82) is 0 Å². The van der Waals surface area contributed by atoms with Gasteiger partial charge in [0.15, 0.2) is 5.65 Å². The highest BCUT2D eigenvalue weighted by Crippen LogP contribution is 2.30. The predicted molar refractivity (Wildman–Crippen MR) is 141 cm³/mol. The Morgan fingerprint density at radius 2 is 1.56 bits per heavy atom. The van der Waals surface area contributed by atoms with Gasteiger partial charge in [0.25, 0.3) is 0 Å².